The maximum Gasteiger partial charge on any atom is 0.417 e. The van der Waals surface area contributed by atoms with Crippen LogP contribution in [0.15, 0.2) is 30.3 Å². The quantitative estimate of drug-likeness (QED) is 0.484. The molecule has 1 aromatic rings. The molecule has 0 unspecified atom stereocenters. The topological polar surface area (TPSA) is 59.1 Å². The molecule has 6 nitrogen and oxygen atoms in total. The highest BCUT2D eigenvalue weighted by Gasteiger charge is 2.51. The Morgan fingerprint density at radius 1 is 1.09 bits per heavy atom. The van der Waals surface area contributed by atoms with Crippen LogP contribution in [-0.4, -0.2) is 62.0 Å². The van der Waals surface area contributed by atoms with Gasteiger partial charge < -0.3 is 14.1 Å². The van der Waals surface area contributed by atoms with Gasteiger partial charge in [-0.15, -0.1) is 0 Å². The molecule has 1 heterocycles. The summed E-state index contributed by atoms with van der Waals surface area (Å²) in [6, 6.07) is 9.93. The van der Waals surface area contributed by atoms with Crippen LogP contribution in [0.2, 0.25) is 18.1 Å². The van der Waals surface area contributed by atoms with Crippen LogP contribution in [0.3, 0.4) is 0 Å². The van der Waals surface area contributed by atoms with Crippen LogP contribution in [0.1, 0.15) is 54.0 Å². The minimum absolute atomic E-state index is 0.0384. The van der Waals surface area contributed by atoms with E-state index < -0.39 is 20.0 Å². The third-order valence-electron chi connectivity index (χ3n) is 6.92. The van der Waals surface area contributed by atoms with Crippen LogP contribution < -0.4 is 0 Å². The van der Waals surface area contributed by atoms with E-state index in [2.05, 4.69) is 57.9 Å². The van der Waals surface area contributed by atoms with Gasteiger partial charge in [0.05, 0.1) is 12.6 Å². The molecule has 3 atom stereocenters. The van der Waals surface area contributed by atoms with Gasteiger partial charge in [0.1, 0.15) is 5.60 Å². The first-order valence-electron chi connectivity index (χ1n) is 12.0. The average molecular weight is 477 g/mol. The van der Waals surface area contributed by atoms with Crippen molar-refractivity contribution in [2.45, 2.75) is 84.8 Å². The highest BCUT2D eigenvalue weighted by molar-refractivity contribution is 6.74. The highest BCUT2D eigenvalue weighted by Crippen LogP contribution is 2.39. The van der Waals surface area contributed by atoms with Crippen molar-refractivity contribution < 1.29 is 18.8 Å². The predicted molar refractivity (Wildman–Crippen MR) is 135 cm³/mol. The number of ether oxygens (including phenoxy) is 1. The third kappa shape index (κ3) is 7.14. The molecule has 1 aliphatic rings. The molecule has 7 heteroatoms. The second-order valence-corrected chi connectivity index (χ2v) is 16.8. The number of carbonyl (C=O) groups is 2. The molecule has 2 rings (SSSR count). The summed E-state index contributed by atoms with van der Waals surface area (Å²) >= 11 is 0. The van der Waals surface area contributed by atoms with E-state index >= 15 is 0 Å². The standard InChI is InChI=1S/C26H44N2O4Si/c1-19-21(17-27(8)16-20-14-12-11-13-15-20)22(18-31-33(9,10)26(5,6)7)28(23(19)29)24(30)32-25(2,3)4/h11-15,19,21-22H,16-18H2,1-10H3/t19-,21+,22-/m1/s1. The van der Waals surface area contributed by atoms with Crippen molar-refractivity contribution >= 4 is 20.3 Å². The molecule has 0 spiro atoms. The van der Waals surface area contributed by atoms with Gasteiger partial charge in [0, 0.05) is 24.9 Å². The Bertz CT molecular complexity index is 814. The lowest BCUT2D eigenvalue weighted by molar-refractivity contribution is -0.131. The lowest BCUT2D eigenvalue weighted by atomic mass is 9.91. The number of carbonyl (C=O) groups excluding carboxylic acids is 2. The van der Waals surface area contributed by atoms with Crippen LogP contribution in [-0.2, 0) is 20.5 Å². The number of imide groups is 1. The van der Waals surface area contributed by atoms with E-state index in [1.807, 2.05) is 45.9 Å². The summed E-state index contributed by atoms with van der Waals surface area (Å²) in [5.74, 6) is -0.501. The number of rotatable bonds is 7. The number of hydrogen-bond acceptors (Lipinski definition) is 5. The van der Waals surface area contributed by atoms with Crippen molar-refractivity contribution in [3.63, 3.8) is 0 Å². The molecule has 1 saturated heterocycles. The second-order valence-electron chi connectivity index (χ2n) is 12.0. The number of benzene rings is 1. The summed E-state index contributed by atoms with van der Waals surface area (Å²) < 4.78 is 12.2. The molecule has 0 aliphatic carbocycles. The van der Waals surface area contributed by atoms with Crippen LogP contribution in [0.25, 0.3) is 0 Å². The van der Waals surface area contributed by atoms with E-state index in [0.29, 0.717) is 13.2 Å². The zero-order valence-corrected chi connectivity index (χ0v) is 23.3. The molecule has 33 heavy (non-hydrogen) atoms. The van der Waals surface area contributed by atoms with Crippen LogP contribution in [0, 0.1) is 11.8 Å². The van der Waals surface area contributed by atoms with E-state index in [0.717, 1.165) is 6.54 Å². The maximum absolute atomic E-state index is 13.3. The Kier molecular flexibility index (Phi) is 8.58. The van der Waals surface area contributed by atoms with Crippen molar-refractivity contribution in [1.82, 2.24) is 9.80 Å². The zero-order chi connectivity index (χ0) is 25.2. The normalized spacial score (nSPS) is 22.2. The lowest BCUT2D eigenvalue weighted by Gasteiger charge is -2.39. The molecule has 0 radical (unpaired) electrons. The van der Waals surface area contributed by atoms with Crippen molar-refractivity contribution in [3.8, 4) is 0 Å². The fourth-order valence-corrected chi connectivity index (χ4v) is 4.96. The Labute approximate surface area is 201 Å². The van der Waals surface area contributed by atoms with E-state index in [4.69, 9.17) is 9.16 Å². The van der Waals surface area contributed by atoms with Crippen LogP contribution in [0.4, 0.5) is 4.79 Å². The Morgan fingerprint density at radius 2 is 1.67 bits per heavy atom. The minimum atomic E-state index is -2.06. The molecule has 1 fully saturated rings. The SMILES string of the molecule is C[C@H]1C(=O)N(C(=O)OC(C)(C)C)[C@H](CO[Si](C)(C)C(C)(C)C)[C@H]1CN(C)Cc1ccccc1. The van der Waals surface area contributed by atoms with Gasteiger partial charge in [0.15, 0.2) is 8.32 Å². The zero-order valence-electron chi connectivity index (χ0n) is 22.3. The maximum atomic E-state index is 13.3. The first-order chi connectivity index (χ1) is 15.0. The fourth-order valence-electron chi connectivity index (χ4n) is 3.93. The molecule has 0 bridgehead atoms. The van der Waals surface area contributed by atoms with Gasteiger partial charge in [-0.3, -0.25) is 4.79 Å². The van der Waals surface area contributed by atoms with Gasteiger partial charge >= 0.3 is 6.09 Å². The van der Waals surface area contributed by atoms with Crippen molar-refractivity contribution in [1.29, 1.82) is 0 Å². The van der Waals surface area contributed by atoms with Gasteiger partial charge in [-0.25, -0.2) is 9.69 Å². The molecular weight excluding hydrogens is 432 g/mol. The monoisotopic (exact) mass is 476 g/mol. The van der Waals surface area contributed by atoms with E-state index in [1.165, 1.54) is 10.5 Å². The second kappa shape index (κ2) is 10.3. The summed E-state index contributed by atoms with van der Waals surface area (Å²) in [5.41, 5.74) is 0.545. The average Bonchev–Trinajstić information content (AvgIpc) is 2.89. The molecule has 1 aromatic carbocycles. The Balaban J connectivity index is 2.28. The summed E-state index contributed by atoms with van der Waals surface area (Å²) in [5, 5.41) is 0.0393. The smallest absolute Gasteiger partial charge is 0.417 e. The Morgan fingerprint density at radius 3 is 2.18 bits per heavy atom. The van der Waals surface area contributed by atoms with Crippen molar-refractivity contribution in [2.75, 3.05) is 20.2 Å². The summed E-state index contributed by atoms with van der Waals surface area (Å²) in [7, 11) is -0.000243. The van der Waals surface area contributed by atoms with Gasteiger partial charge in [-0.05, 0) is 51.5 Å². The Hall–Kier alpha value is -1.70. The van der Waals surface area contributed by atoms with Crippen molar-refractivity contribution in [2.24, 2.45) is 11.8 Å². The number of hydrogen-bond donors (Lipinski definition) is 0. The molecule has 0 aromatic heterocycles. The van der Waals surface area contributed by atoms with Gasteiger partial charge in [0.25, 0.3) is 0 Å². The van der Waals surface area contributed by atoms with Crippen molar-refractivity contribution in [3.05, 3.63) is 35.9 Å². The first-order valence-corrected chi connectivity index (χ1v) is 14.9. The largest absolute Gasteiger partial charge is 0.443 e. The summed E-state index contributed by atoms with van der Waals surface area (Å²) in [6.07, 6.45) is -0.573. The predicted octanol–water partition coefficient (Wildman–Crippen LogP) is 5.54. The molecule has 0 saturated carbocycles. The molecular formula is C26H44N2O4Si. The van der Waals surface area contributed by atoms with Crippen LogP contribution in [0.5, 0.6) is 0 Å². The number of amides is 2. The van der Waals surface area contributed by atoms with Crippen LogP contribution >= 0.6 is 0 Å². The van der Waals surface area contributed by atoms with E-state index in [9.17, 15) is 9.59 Å². The number of nitrogens with zero attached hydrogens (tertiary/aromatic N) is 2. The van der Waals surface area contributed by atoms with Gasteiger partial charge in [-0.1, -0.05) is 58.0 Å². The highest BCUT2D eigenvalue weighted by atomic mass is 28.4. The number of likely N-dealkylation sites (tertiary alicyclic amines) is 1. The summed E-state index contributed by atoms with van der Waals surface area (Å²) in [4.78, 5) is 29.9. The minimum Gasteiger partial charge on any atom is -0.443 e. The third-order valence-corrected chi connectivity index (χ3v) is 11.4. The van der Waals surface area contributed by atoms with Gasteiger partial charge in [0.2, 0.25) is 5.91 Å². The van der Waals surface area contributed by atoms with Gasteiger partial charge in [-0.2, -0.15) is 0 Å². The van der Waals surface area contributed by atoms with E-state index in [1.54, 1.807) is 0 Å². The summed E-state index contributed by atoms with van der Waals surface area (Å²) in [6.45, 7) is 20.2. The fraction of sp³-hybridized carbons (Fsp3) is 0.692. The first kappa shape index (κ1) is 27.5. The molecule has 0 N–H and O–H groups in total. The lowest BCUT2D eigenvalue weighted by Crippen LogP contribution is -2.50. The molecule has 2 amide bonds. The molecule has 1 aliphatic heterocycles. The van der Waals surface area contributed by atoms with E-state index in [-0.39, 0.29) is 28.8 Å². The molecule has 186 valence electrons.